The third-order valence-corrected chi connectivity index (χ3v) is 4.57. The first-order valence-electron chi connectivity index (χ1n) is 5.47. The van der Waals surface area contributed by atoms with E-state index >= 15 is 0 Å². The molecule has 0 saturated heterocycles. The van der Waals surface area contributed by atoms with E-state index in [-0.39, 0.29) is 10.6 Å². The van der Waals surface area contributed by atoms with Crippen molar-refractivity contribution >= 4 is 15.5 Å². The molecule has 1 heterocycles. The third kappa shape index (κ3) is 2.51. The van der Waals surface area contributed by atoms with E-state index in [2.05, 4.69) is 4.98 Å². The van der Waals surface area contributed by atoms with Gasteiger partial charge in [0, 0.05) is 18.1 Å². The molecule has 0 fully saturated rings. The average Bonchev–Trinajstić information content (AvgIpc) is 2.33. The fourth-order valence-corrected chi connectivity index (χ4v) is 3.38. The maximum Gasteiger partial charge on any atom is 0.182 e. The van der Waals surface area contributed by atoms with E-state index in [9.17, 15) is 8.42 Å². The van der Waals surface area contributed by atoms with E-state index in [1.165, 1.54) is 0 Å². The van der Waals surface area contributed by atoms with Crippen LogP contribution in [0.2, 0.25) is 0 Å². The second kappa shape index (κ2) is 4.78. The van der Waals surface area contributed by atoms with Crippen molar-refractivity contribution in [2.24, 2.45) is 0 Å². The number of hydrogen-bond acceptors (Lipinski definition) is 4. The zero-order valence-electron chi connectivity index (χ0n) is 10.00. The van der Waals surface area contributed by atoms with E-state index < -0.39 is 9.84 Å². The Kier molecular flexibility index (Phi) is 3.34. The van der Waals surface area contributed by atoms with E-state index in [4.69, 9.17) is 5.73 Å². The summed E-state index contributed by atoms with van der Waals surface area (Å²) in [6, 6.07) is 8.39. The van der Waals surface area contributed by atoms with E-state index in [0.717, 1.165) is 0 Å². The maximum atomic E-state index is 12.3. The molecule has 0 aliphatic heterocycles. The molecule has 0 aliphatic carbocycles. The van der Waals surface area contributed by atoms with Crippen LogP contribution in [0.4, 0.5) is 5.69 Å². The van der Waals surface area contributed by atoms with Gasteiger partial charge in [-0.15, -0.1) is 0 Å². The number of anilines is 1. The SMILES string of the molecule is Cc1c(N)cccc1S(=O)(=O)Cc1cccnc1. The first-order valence-corrected chi connectivity index (χ1v) is 7.13. The van der Waals surface area contributed by atoms with Crippen LogP contribution in [0, 0.1) is 6.92 Å². The predicted octanol–water partition coefficient (Wildman–Crippen LogP) is 1.95. The summed E-state index contributed by atoms with van der Waals surface area (Å²) >= 11 is 0. The van der Waals surface area contributed by atoms with Crippen LogP contribution < -0.4 is 5.73 Å². The minimum absolute atomic E-state index is 0.0644. The molecule has 0 aliphatic rings. The van der Waals surface area contributed by atoms with Gasteiger partial charge in [-0.3, -0.25) is 4.98 Å². The normalized spacial score (nSPS) is 11.4. The number of sulfone groups is 1. The standard InChI is InChI=1S/C13H14N2O2S/c1-10-12(14)5-2-6-13(10)18(16,17)9-11-4-3-7-15-8-11/h2-8H,9,14H2,1H3. The molecule has 94 valence electrons. The summed E-state index contributed by atoms with van der Waals surface area (Å²) in [6.45, 7) is 1.71. The summed E-state index contributed by atoms with van der Waals surface area (Å²) < 4.78 is 24.6. The van der Waals surface area contributed by atoms with Gasteiger partial charge >= 0.3 is 0 Å². The molecule has 5 heteroatoms. The topological polar surface area (TPSA) is 73.1 Å². The summed E-state index contributed by atoms with van der Waals surface area (Å²) in [5.74, 6) is -0.0644. The van der Waals surface area contributed by atoms with Gasteiger partial charge in [0.15, 0.2) is 9.84 Å². The first-order chi connectivity index (χ1) is 8.50. The minimum atomic E-state index is -3.39. The highest BCUT2D eigenvalue weighted by atomic mass is 32.2. The van der Waals surface area contributed by atoms with E-state index in [0.29, 0.717) is 16.8 Å². The number of nitrogen functional groups attached to an aromatic ring is 1. The molecule has 2 aromatic rings. The molecule has 0 atom stereocenters. The number of pyridine rings is 1. The average molecular weight is 262 g/mol. The number of benzene rings is 1. The Hall–Kier alpha value is -1.88. The van der Waals surface area contributed by atoms with Gasteiger partial charge < -0.3 is 5.73 Å². The molecule has 2 N–H and O–H groups in total. The Bertz CT molecular complexity index is 652. The minimum Gasteiger partial charge on any atom is -0.398 e. The van der Waals surface area contributed by atoms with Gasteiger partial charge in [0.2, 0.25) is 0 Å². The molecule has 2 rings (SSSR count). The Balaban J connectivity index is 2.41. The zero-order valence-corrected chi connectivity index (χ0v) is 10.8. The number of hydrogen-bond donors (Lipinski definition) is 1. The molecular formula is C13H14N2O2S. The summed E-state index contributed by atoms with van der Waals surface area (Å²) in [7, 11) is -3.39. The molecule has 0 bridgehead atoms. The van der Waals surface area contributed by atoms with Gasteiger partial charge in [-0.05, 0) is 36.2 Å². The van der Waals surface area contributed by atoms with Crippen LogP contribution >= 0.6 is 0 Å². The molecule has 0 radical (unpaired) electrons. The molecule has 0 amide bonds. The Morgan fingerprint density at radius 1 is 1.22 bits per heavy atom. The first kappa shape index (κ1) is 12.6. The number of nitrogens with zero attached hydrogens (tertiary/aromatic N) is 1. The Labute approximate surface area is 106 Å². The fourth-order valence-electron chi connectivity index (χ4n) is 1.75. The van der Waals surface area contributed by atoms with Crippen LogP contribution in [0.5, 0.6) is 0 Å². The van der Waals surface area contributed by atoms with E-state index in [1.807, 2.05) is 0 Å². The Morgan fingerprint density at radius 3 is 2.67 bits per heavy atom. The number of nitrogens with two attached hydrogens (primary N) is 1. The number of aromatic nitrogens is 1. The lowest BCUT2D eigenvalue weighted by molar-refractivity contribution is 0.594. The summed E-state index contributed by atoms with van der Waals surface area (Å²) in [4.78, 5) is 4.20. The van der Waals surface area contributed by atoms with Crippen molar-refractivity contribution in [2.75, 3.05) is 5.73 Å². The molecule has 0 unspecified atom stereocenters. The van der Waals surface area contributed by atoms with Crippen molar-refractivity contribution in [3.63, 3.8) is 0 Å². The quantitative estimate of drug-likeness (QED) is 0.858. The van der Waals surface area contributed by atoms with Crippen molar-refractivity contribution in [3.05, 3.63) is 53.9 Å². The van der Waals surface area contributed by atoms with Crippen molar-refractivity contribution in [3.8, 4) is 0 Å². The highest BCUT2D eigenvalue weighted by Crippen LogP contribution is 2.23. The molecule has 0 saturated carbocycles. The van der Waals surface area contributed by atoms with Crippen LogP contribution in [0.3, 0.4) is 0 Å². The van der Waals surface area contributed by atoms with Gasteiger partial charge in [-0.25, -0.2) is 8.42 Å². The highest BCUT2D eigenvalue weighted by Gasteiger charge is 2.18. The van der Waals surface area contributed by atoms with Crippen LogP contribution in [0.25, 0.3) is 0 Å². The van der Waals surface area contributed by atoms with Crippen molar-refractivity contribution in [1.82, 2.24) is 4.98 Å². The van der Waals surface area contributed by atoms with E-state index in [1.54, 1.807) is 49.6 Å². The molecule has 0 spiro atoms. The second-order valence-electron chi connectivity index (χ2n) is 4.09. The van der Waals surface area contributed by atoms with Gasteiger partial charge in [-0.1, -0.05) is 12.1 Å². The second-order valence-corrected chi connectivity index (χ2v) is 6.05. The van der Waals surface area contributed by atoms with Crippen LogP contribution in [0.15, 0.2) is 47.6 Å². The summed E-state index contributed by atoms with van der Waals surface area (Å²) in [5, 5.41) is 0. The molecule has 4 nitrogen and oxygen atoms in total. The lowest BCUT2D eigenvalue weighted by Gasteiger charge is -2.09. The lowest BCUT2D eigenvalue weighted by Crippen LogP contribution is -2.08. The highest BCUT2D eigenvalue weighted by molar-refractivity contribution is 7.90. The summed E-state index contributed by atoms with van der Waals surface area (Å²) in [6.07, 6.45) is 3.17. The van der Waals surface area contributed by atoms with Crippen LogP contribution in [0.1, 0.15) is 11.1 Å². The van der Waals surface area contributed by atoms with Gasteiger partial charge in [-0.2, -0.15) is 0 Å². The van der Waals surface area contributed by atoms with Crippen molar-refractivity contribution in [1.29, 1.82) is 0 Å². The fraction of sp³-hybridized carbons (Fsp3) is 0.154. The van der Waals surface area contributed by atoms with Gasteiger partial charge in [0.25, 0.3) is 0 Å². The predicted molar refractivity (Wildman–Crippen MR) is 70.7 cm³/mol. The van der Waals surface area contributed by atoms with Crippen LogP contribution in [-0.2, 0) is 15.6 Å². The number of rotatable bonds is 3. The molecular weight excluding hydrogens is 248 g/mol. The molecule has 1 aromatic heterocycles. The van der Waals surface area contributed by atoms with Crippen molar-refractivity contribution < 1.29 is 8.42 Å². The van der Waals surface area contributed by atoms with Gasteiger partial charge in [0.05, 0.1) is 10.6 Å². The smallest absolute Gasteiger partial charge is 0.182 e. The zero-order chi connectivity index (χ0) is 13.2. The monoisotopic (exact) mass is 262 g/mol. The van der Waals surface area contributed by atoms with Crippen molar-refractivity contribution in [2.45, 2.75) is 17.6 Å². The van der Waals surface area contributed by atoms with Gasteiger partial charge in [0.1, 0.15) is 0 Å². The molecule has 1 aromatic carbocycles. The molecule has 18 heavy (non-hydrogen) atoms. The lowest BCUT2D eigenvalue weighted by atomic mass is 10.2. The Morgan fingerprint density at radius 2 is 2.00 bits per heavy atom. The largest absolute Gasteiger partial charge is 0.398 e. The van der Waals surface area contributed by atoms with Crippen LogP contribution in [-0.4, -0.2) is 13.4 Å². The summed E-state index contributed by atoms with van der Waals surface area (Å²) in [5.41, 5.74) is 7.49. The third-order valence-electron chi connectivity index (χ3n) is 2.74. The maximum absolute atomic E-state index is 12.3.